The molecule has 6 nitrogen and oxygen atoms in total. The Kier molecular flexibility index (Phi) is 10.7. The summed E-state index contributed by atoms with van der Waals surface area (Å²) in [6.07, 6.45) is -0.936. The van der Waals surface area contributed by atoms with Crippen LogP contribution in [-0.4, -0.2) is 35.1 Å². The van der Waals surface area contributed by atoms with Gasteiger partial charge < -0.3 is 24.2 Å². The highest BCUT2D eigenvalue weighted by molar-refractivity contribution is 5.32. The van der Waals surface area contributed by atoms with Crippen molar-refractivity contribution in [3.05, 3.63) is 173 Å². The van der Waals surface area contributed by atoms with E-state index in [1.165, 1.54) is 5.06 Å². The number of hydrogen-bond acceptors (Lipinski definition) is 6. The van der Waals surface area contributed by atoms with Crippen LogP contribution in [0.1, 0.15) is 33.9 Å². The Bertz CT molecular complexity index is 1550. The van der Waals surface area contributed by atoms with Crippen LogP contribution in [0.3, 0.4) is 0 Å². The minimum Gasteiger partial charge on any atom is -0.489 e. The van der Waals surface area contributed by atoms with Gasteiger partial charge in [-0.25, -0.2) is 0 Å². The third kappa shape index (κ3) is 8.25. The highest BCUT2D eigenvalue weighted by Crippen LogP contribution is 2.40. The minimum atomic E-state index is -0.483. The molecule has 1 saturated heterocycles. The molecule has 4 atom stereocenters. The number of hydrogen-bond donors (Lipinski definition) is 1. The van der Waals surface area contributed by atoms with Gasteiger partial charge in [0.2, 0.25) is 0 Å². The number of benzene rings is 5. The highest BCUT2D eigenvalue weighted by atomic mass is 16.6. The zero-order valence-corrected chi connectivity index (χ0v) is 25.2. The van der Waals surface area contributed by atoms with Gasteiger partial charge in [0.15, 0.2) is 0 Å². The molecule has 0 radical (unpaired) electrons. The van der Waals surface area contributed by atoms with Gasteiger partial charge in [0, 0.05) is 0 Å². The van der Waals surface area contributed by atoms with Gasteiger partial charge in [-0.3, -0.25) is 0 Å². The topological polar surface area (TPSA) is 60.4 Å². The maximum absolute atomic E-state index is 11.8. The molecule has 1 heterocycles. The van der Waals surface area contributed by atoms with Crippen molar-refractivity contribution in [1.29, 1.82) is 0 Å². The first-order valence-electron chi connectivity index (χ1n) is 15.4. The lowest BCUT2D eigenvalue weighted by atomic mass is 10.00. The highest BCUT2D eigenvalue weighted by Gasteiger charge is 2.51. The Morgan fingerprint density at radius 2 is 0.933 bits per heavy atom. The standard InChI is InChI=1S/C39H39NO5/c41-40-36(29-42-25-30-13-5-1-6-14-30)38(44-27-32-17-9-3-10-18-32)39(45-28-33-19-11-4-12-20-33)37(40)34-21-23-35(24-22-34)43-26-31-15-7-2-8-16-31/h1-24,36-39,41H,25-29H2/t36-,37-,38-,39-/m1/s1. The van der Waals surface area contributed by atoms with Gasteiger partial charge in [0.25, 0.3) is 0 Å². The Hall–Kier alpha value is -4.30. The van der Waals surface area contributed by atoms with Gasteiger partial charge in [-0.15, -0.1) is 0 Å². The Morgan fingerprint density at radius 3 is 1.44 bits per heavy atom. The molecule has 0 unspecified atom stereocenters. The van der Waals surface area contributed by atoms with Crippen LogP contribution < -0.4 is 4.74 Å². The van der Waals surface area contributed by atoms with Crippen LogP contribution in [-0.2, 0) is 40.6 Å². The van der Waals surface area contributed by atoms with Crippen molar-refractivity contribution in [2.75, 3.05) is 6.61 Å². The van der Waals surface area contributed by atoms with Crippen molar-refractivity contribution in [1.82, 2.24) is 5.06 Å². The van der Waals surface area contributed by atoms with Crippen molar-refractivity contribution >= 4 is 0 Å². The summed E-state index contributed by atoms with van der Waals surface area (Å²) in [5.74, 6) is 0.756. The first-order valence-corrected chi connectivity index (χ1v) is 15.4. The molecule has 1 aliphatic heterocycles. The van der Waals surface area contributed by atoms with E-state index in [0.29, 0.717) is 26.4 Å². The molecule has 0 aliphatic carbocycles. The minimum absolute atomic E-state index is 0.269. The van der Waals surface area contributed by atoms with Crippen LogP contribution in [0.4, 0.5) is 0 Å². The Balaban J connectivity index is 1.24. The van der Waals surface area contributed by atoms with Crippen LogP contribution in [0.5, 0.6) is 5.75 Å². The lowest BCUT2D eigenvalue weighted by molar-refractivity contribution is -0.167. The number of hydroxylamine groups is 2. The molecule has 0 amide bonds. The fourth-order valence-corrected chi connectivity index (χ4v) is 5.72. The second-order valence-electron chi connectivity index (χ2n) is 11.3. The SMILES string of the molecule is ON1[C@H](COCc2ccccc2)[C@@H](OCc2ccccc2)[C@H](OCc2ccccc2)[C@H]1c1ccc(OCc2ccccc2)cc1. The quantitative estimate of drug-likeness (QED) is 0.140. The third-order valence-electron chi connectivity index (χ3n) is 8.08. The average Bonchev–Trinajstić information content (AvgIpc) is 3.37. The molecule has 0 saturated carbocycles. The molecule has 0 aromatic heterocycles. The van der Waals surface area contributed by atoms with Crippen LogP contribution in [0, 0.1) is 0 Å². The first kappa shape index (κ1) is 30.7. The van der Waals surface area contributed by atoms with Crippen molar-refractivity contribution in [2.24, 2.45) is 0 Å². The fraction of sp³-hybridized carbons (Fsp3) is 0.231. The van der Waals surface area contributed by atoms with E-state index in [4.69, 9.17) is 18.9 Å². The zero-order valence-electron chi connectivity index (χ0n) is 25.2. The van der Waals surface area contributed by atoms with Gasteiger partial charge in [0.1, 0.15) is 24.6 Å². The smallest absolute Gasteiger partial charge is 0.119 e. The van der Waals surface area contributed by atoms with E-state index >= 15 is 0 Å². The van der Waals surface area contributed by atoms with Gasteiger partial charge >= 0.3 is 0 Å². The zero-order chi connectivity index (χ0) is 30.7. The summed E-state index contributed by atoms with van der Waals surface area (Å²) in [6.45, 7) is 1.96. The van der Waals surface area contributed by atoms with E-state index in [0.717, 1.165) is 33.6 Å². The first-order chi connectivity index (χ1) is 22.2. The van der Waals surface area contributed by atoms with Gasteiger partial charge in [-0.2, -0.15) is 5.06 Å². The summed E-state index contributed by atoms with van der Waals surface area (Å²) in [6, 6.07) is 47.2. The maximum atomic E-state index is 11.8. The molecule has 1 N–H and O–H groups in total. The molecule has 5 aromatic carbocycles. The third-order valence-corrected chi connectivity index (χ3v) is 8.08. The van der Waals surface area contributed by atoms with Crippen LogP contribution in [0.15, 0.2) is 146 Å². The maximum Gasteiger partial charge on any atom is 0.119 e. The fourth-order valence-electron chi connectivity index (χ4n) is 5.72. The summed E-state index contributed by atoms with van der Waals surface area (Å²) in [7, 11) is 0. The van der Waals surface area contributed by atoms with Gasteiger partial charge in [0.05, 0.1) is 38.5 Å². The molecule has 6 heteroatoms. The van der Waals surface area contributed by atoms with Gasteiger partial charge in [-0.05, 0) is 39.9 Å². The summed E-state index contributed by atoms with van der Waals surface area (Å²) >= 11 is 0. The molecular weight excluding hydrogens is 562 g/mol. The molecule has 0 spiro atoms. The molecule has 1 fully saturated rings. The molecule has 5 aromatic rings. The van der Waals surface area contributed by atoms with E-state index in [-0.39, 0.29) is 6.61 Å². The number of rotatable bonds is 14. The lowest BCUT2D eigenvalue weighted by Gasteiger charge is -2.26. The average molecular weight is 602 g/mol. The number of ether oxygens (including phenoxy) is 4. The monoisotopic (exact) mass is 601 g/mol. The largest absolute Gasteiger partial charge is 0.489 e. The van der Waals surface area contributed by atoms with Crippen molar-refractivity contribution in [2.45, 2.75) is 50.7 Å². The van der Waals surface area contributed by atoms with Crippen LogP contribution >= 0.6 is 0 Å². The van der Waals surface area contributed by atoms with Crippen molar-refractivity contribution < 1.29 is 24.2 Å². The van der Waals surface area contributed by atoms with Crippen LogP contribution in [0.25, 0.3) is 0 Å². The van der Waals surface area contributed by atoms with E-state index in [1.54, 1.807) is 0 Å². The number of nitrogens with zero attached hydrogens (tertiary/aromatic N) is 1. The molecule has 0 bridgehead atoms. The Labute approximate surface area is 265 Å². The molecule has 230 valence electrons. The van der Waals surface area contributed by atoms with E-state index in [9.17, 15) is 5.21 Å². The summed E-state index contributed by atoms with van der Waals surface area (Å²) < 4.78 is 25.5. The van der Waals surface area contributed by atoms with E-state index in [1.807, 2.05) is 146 Å². The molecular formula is C39H39NO5. The summed E-state index contributed by atoms with van der Waals surface area (Å²) in [4.78, 5) is 0. The lowest BCUT2D eigenvalue weighted by Crippen LogP contribution is -2.40. The Morgan fingerprint density at radius 1 is 0.489 bits per heavy atom. The molecule has 6 rings (SSSR count). The van der Waals surface area contributed by atoms with E-state index in [2.05, 4.69) is 0 Å². The van der Waals surface area contributed by atoms with E-state index < -0.39 is 24.3 Å². The predicted molar refractivity (Wildman–Crippen MR) is 174 cm³/mol. The van der Waals surface area contributed by atoms with Gasteiger partial charge in [-0.1, -0.05) is 133 Å². The molecule has 45 heavy (non-hydrogen) atoms. The predicted octanol–water partition coefficient (Wildman–Crippen LogP) is 7.77. The normalized spacial score (nSPS) is 19.8. The van der Waals surface area contributed by atoms with Crippen molar-refractivity contribution in [3.63, 3.8) is 0 Å². The second kappa shape index (κ2) is 15.6. The second-order valence-corrected chi connectivity index (χ2v) is 11.3. The summed E-state index contributed by atoms with van der Waals surface area (Å²) in [5.41, 5.74) is 5.18. The van der Waals surface area contributed by atoms with Crippen LogP contribution in [0.2, 0.25) is 0 Å². The summed E-state index contributed by atoms with van der Waals surface area (Å²) in [5, 5.41) is 13.2. The molecule has 1 aliphatic rings. The van der Waals surface area contributed by atoms with Crippen molar-refractivity contribution in [3.8, 4) is 5.75 Å².